The molecule has 5 nitrogen and oxygen atoms in total. The third-order valence-corrected chi connectivity index (χ3v) is 2.21. The molecule has 0 atom stereocenters. The first-order chi connectivity index (χ1) is 7.65. The summed E-state index contributed by atoms with van der Waals surface area (Å²) in [6.45, 7) is 0. The van der Waals surface area contributed by atoms with Crippen LogP contribution in [0.1, 0.15) is 10.4 Å². The summed E-state index contributed by atoms with van der Waals surface area (Å²) in [6.07, 6.45) is 1.29. The van der Waals surface area contributed by atoms with Crippen molar-refractivity contribution >= 4 is 35.1 Å². The quantitative estimate of drug-likeness (QED) is 0.867. The number of H-pyrrole nitrogens is 1. The molecule has 2 aromatic rings. The van der Waals surface area contributed by atoms with Crippen LogP contribution in [0.2, 0.25) is 10.0 Å². The van der Waals surface area contributed by atoms with Crippen molar-refractivity contribution in [1.29, 1.82) is 0 Å². The third kappa shape index (κ3) is 2.50. The van der Waals surface area contributed by atoms with Gasteiger partial charge in [-0.25, -0.2) is 5.10 Å². The van der Waals surface area contributed by atoms with Crippen LogP contribution in [0.25, 0.3) is 0 Å². The van der Waals surface area contributed by atoms with Crippen LogP contribution in [-0.2, 0) is 0 Å². The van der Waals surface area contributed by atoms with Gasteiger partial charge in [-0.1, -0.05) is 23.2 Å². The van der Waals surface area contributed by atoms with E-state index in [-0.39, 0.29) is 11.9 Å². The van der Waals surface area contributed by atoms with E-state index in [2.05, 4.69) is 20.5 Å². The van der Waals surface area contributed by atoms with Crippen molar-refractivity contribution in [2.45, 2.75) is 0 Å². The topological polar surface area (TPSA) is 70.7 Å². The van der Waals surface area contributed by atoms with Crippen molar-refractivity contribution in [2.24, 2.45) is 0 Å². The Bertz CT molecular complexity index is 492. The molecule has 1 amide bonds. The first-order valence-corrected chi connectivity index (χ1v) is 5.03. The van der Waals surface area contributed by atoms with Crippen LogP contribution in [0.4, 0.5) is 5.95 Å². The Balaban J connectivity index is 2.21. The fraction of sp³-hybridized carbons (Fsp3) is 0. The number of nitrogens with one attached hydrogen (secondary N) is 2. The van der Waals surface area contributed by atoms with Gasteiger partial charge in [0.15, 0.2) is 0 Å². The van der Waals surface area contributed by atoms with Crippen LogP contribution < -0.4 is 5.32 Å². The summed E-state index contributed by atoms with van der Waals surface area (Å²) in [5, 5.41) is 9.41. The van der Waals surface area contributed by atoms with E-state index < -0.39 is 0 Å². The van der Waals surface area contributed by atoms with Gasteiger partial charge < -0.3 is 0 Å². The number of aromatic amines is 1. The number of nitrogens with zero attached hydrogens (tertiary/aromatic N) is 2. The highest BCUT2D eigenvalue weighted by Crippen LogP contribution is 2.19. The summed E-state index contributed by atoms with van der Waals surface area (Å²) in [5.74, 6) is -0.0951. The molecular formula is C9H6Cl2N4O. The minimum atomic E-state index is -0.360. The van der Waals surface area contributed by atoms with Crippen molar-refractivity contribution in [3.05, 3.63) is 40.1 Å². The van der Waals surface area contributed by atoms with Crippen LogP contribution in [0, 0.1) is 0 Å². The summed E-state index contributed by atoms with van der Waals surface area (Å²) < 4.78 is 0. The second-order valence-corrected chi connectivity index (χ2v) is 3.82. The highest BCUT2D eigenvalue weighted by molar-refractivity contribution is 6.35. The lowest BCUT2D eigenvalue weighted by Gasteiger charge is -2.02. The largest absolute Gasteiger partial charge is 0.291 e. The van der Waals surface area contributed by atoms with E-state index in [0.29, 0.717) is 15.6 Å². The Labute approximate surface area is 101 Å². The molecule has 16 heavy (non-hydrogen) atoms. The molecular weight excluding hydrogens is 251 g/mol. The second-order valence-electron chi connectivity index (χ2n) is 2.95. The van der Waals surface area contributed by atoms with Crippen molar-refractivity contribution in [1.82, 2.24) is 15.2 Å². The first-order valence-electron chi connectivity index (χ1n) is 4.28. The van der Waals surface area contributed by atoms with Crippen molar-refractivity contribution in [3.8, 4) is 0 Å². The van der Waals surface area contributed by atoms with Crippen molar-refractivity contribution in [2.75, 3.05) is 5.32 Å². The summed E-state index contributed by atoms with van der Waals surface area (Å²) in [5.41, 5.74) is 0.355. The Hall–Kier alpha value is -1.59. The monoisotopic (exact) mass is 256 g/mol. The number of amides is 1. The maximum atomic E-state index is 11.7. The average Bonchev–Trinajstić information content (AvgIpc) is 2.68. The summed E-state index contributed by atoms with van der Waals surface area (Å²) in [6, 6.07) is 4.58. The molecule has 0 radical (unpaired) electrons. The number of hydrogen-bond donors (Lipinski definition) is 2. The highest BCUT2D eigenvalue weighted by Gasteiger charge is 2.09. The van der Waals surface area contributed by atoms with E-state index in [1.807, 2.05) is 0 Å². The van der Waals surface area contributed by atoms with E-state index in [9.17, 15) is 4.79 Å². The summed E-state index contributed by atoms with van der Waals surface area (Å²) >= 11 is 11.6. The zero-order chi connectivity index (χ0) is 11.5. The number of halogens is 2. The van der Waals surface area contributed by atoms with Crippen LogP contribution >= 0.6 is 23.2 Å². The molecule has 1 aromatic heterocycles. The maximum absolute atomic E-state index is 11.7. The molecule has 82 valence electrons. The number of anilines is 1. The van der Waals surface area contributed by atoms with E-state index in [4.69, 9.17) is 23.2 Å². The van der Waals surface area contributed by atoms with Gasteiger partial charge in [-0.15, -0.1) is 0 Å². The molecule has 1 aromatic carbocycles. The minimum absolute atomic E-state index is 0.265. The molecule has 2 rings (SSSR count). The third-order valence-electron chi connectivity index (χ3n) is 1.77. The number of carbonyl (C=O) groups excluding carboxylic acids is 1. The zero-order valence-corrected chi connectivity index (χ0v) is 9.38. The van der Waals surface area contributed by atoms with Crippen molar-refractivity contribution in [3.63, 3.8) is 0 Å². The van der Waals surface area contributed by atoms with Crippen LogP contribution in [0.3, 0.4) is 0 Å². The normalized spacial score (nSPS) is 10.1. The van der Waals surface area contributed by atoms with E-state index in [1.54, 1.807) is 6.07 Å². The number of hydrogen-bond acceptors (Lipinski definition) is 3. The smallest absolute Gasteiger partial charge is 0.258 e. The lowest BCUT2D eigenvalue weighted by molar-refractivity contribution is 0.102. The summed E-state index contributed by atoms with van der Waals surface area (Å²) in [7, 11) is 0. The van der Waals surface area contributed by atoms with Gasteiger partial charge >= 0.3 is 0 Å². The van der Waals surface area contributed by atoms with E-state index >= 15 is 0 Å². The minimum Gasteiger partial charge on any atom is -0.291 e. The van der Waals surface area contributed by atoms with E-state index in [1.165, 1.54) is 18.5 Å². The van der Waals surface area contributed by atoms with Gasteiger partial charge in [0, 0.05) is 15.6 Å². The van der Waals surface area contributed by atoms with Gasteiger partial charge in [0.1, 0.15) is 6.33 Å². The Morgan fingerprint density at radius 2 is 1.94 bits per heavy atom. The lowest BCUT2D eigenvalue weighted by atomic mass is 10.2. The Morgan fingerprint density at radius 1 is 1.25 bits per heavy atom. The molecule has 0 spiro atoms. The Morgan fingerprint density at radius 3 is 2.50 bits per heavy atom. The van der Waals surface area contributed by atoms with Gasteiger partial charge in [0.2, 0.25) is 5.95 Å². The second kappa shape index (κ2) is 4.51. The van der Waals surface area contributed by atoms with Gasteiger partial charge in [0.25, 0.3) is 5.91 Å². The molecule has 0 saturated carbocycles. The van der Waals surface area contributed by atoms with Crippen molar-refractivity contribution < 1.29 is 4.79 Å². The number of aromatic nitrogens is 3. The molecule has 7 heteroatoms. The Kier molecular flexibility index (Phi) is 3.07. The number of carbonyl (C=O) groups is 1. The molecule has 0 bridgehead atoms. The van der Waals surface area contributed by atoms with Gasteiger partial charge in [-0.3, -0.25) is 10.1 Å². The predicted octanol–water partition coefficient (Wildman–Crippen LogP) is 2.36. The standard InChI is InChI=1S/C9H6Cl2N4O/c10-6-1-5(2-7(11)3-6)8(16)14-9-12-4-13-15-9/h1-4H,(H2,12,13,14,15,16). The molecule has 0 saturated heterocycles. The van der Waals surface area contributed by atoms with Crippen LogP contribution in [0.5, 0.6) is 0 Å². The molecule has 0 aliphatic carbocycles. The molecule has 1 heterocycles. The molecule has 0 aliphatic rings. The zero-order valence-electron chi connectivity index (χ0n) is 7.87. The van der Waals surface area contributed by atoms with Gasteiger partial charge in [-0.05, 0) is 18.2 Å². The predicted molar refractivity (Wildman–Crippen MR) is 60.8 cm³/mol. The van der Waals surface area contributed by atoms with Gasteiger partial charge in [0.05, 0.1) is 0 Å². The van der Waals surface area contributed by atoms with Crippen LogP contribution in [0.15, 0.2) is 24.5 Å². The first kappa shape index (κ1) is 10.9. The SMILES string of the molecule is O=C(Nc1ncn[nH]1)c1cc(Cl)cc(Cl)c1. The fourth-order valence-electron chi connectivity index (χ4n) is 1.13. The summed E-state index contributed by atoms with van der Waals surface area (Å²) in [4.78, 5) is 15.5. The fourth-order valence-corrected chi connectivity index (χ4v) is 1.66. The number of benzene rings is 1. The molecule has 0 aliphatic heterocycles. The molecule has 0 fully saturated rings. The average molecular weight is 257 g/mol. The lowest BCUT2D eigenvalue weighted by Crippen LogP contribution is -2.12. The van der Waals surface area contributed by atoms with E-state index in [0.717, 1.165) is 0 Å². The molecule has 0 unspecified atom stereocenters. The van der Waals surface area contributed by atoms with Gasteiger partial charge in [-0.2, -0.15) is 10.1 Å². The van der Waals surface area contributed by atoms with Crippen LogP contribution in [-0.4, -0.2) is 21.1 Å². The maximum Gasteiger partial charge on any atom is 0.258 e. The number of rotatable bonds is 2. The highest BCUT2D eigenvalue weighted by atomic mass is 35.5. The molecule has 2 N–H and O–H groups in total.